The van der Waals surface area contributed by atoms with E-state index >= 15 is 0 Å². The Morgan fingerprint density at radius 1 is 1.08 bits per heavy atom. The molecule has 3 N–H and O–H groups in total. The van der Waals surface area contributed by atoms with Crippen LogP contribution in [0.2, 0.25) is 5.02 Å². The second kappa shape index (κ2) is 7.96. The van der Waals surface area contributed by atoms with Gasteiger partial charge in [0.05, 0.1) is 12.0 Å². The normalized spacial score (nSPS) is 10.9. The Morgan fingerprint density at radius 2 is 1.73 bits per heavy atom. The summed E-state index contributed by atoms with van der Waals surface area (Å²) in [4.78, 5) is 23.7. The van der Waals surface area contributed by atoms with Crippen molar-refractivity contribution in [3.05, 3.63) is 58.6 Å². The molecule has 2 rings (SSSR count). The quantitative estimate of drug-likeness (QED) is 0.703. The van der Waals surface area contributed by atoms with Crippen LogP contribution in [0, 0.1) is 0 Å². The molecule has 0 fully saturated rings. The number of alkyl halides is 3. The third-order valence-corrected chi connectivity index (χ3v) is 3.28. The van der Waals surface area contributed by atoms with Crippen molar-refractivity contribution in [3.8, 4) is 11.5 Å². The van der Waals surface area contributed by atoms with E-state index in [4.69, 9.17) is 11.6 Å². The van der Waals surface area contributed by atoms with Crippen LogP contribution in [0.1, 0.15) is 15.9 Å². The molecule has 10 heteroatoms. The van der Waals surface area contributed by atoms with E-state index < -0.39 is 23.9 Å². The number of phenols is 1. The fourth-order valence-corrected chi connectivity index (χ4v) is 2.09. The topological polar surface area (TPSA) is 87.7 Å². The summed E-state index contributed by atoms with van der Waals surface area (Å²) in [7, 11) is 0. The molecule has 0 unspecified atom stereocenters. The van der Waals surface area contributed by atoms with Gasteiger partial charge >= 0.3 is 6.36 Å². The Hall–Kier alpha value is -2.94. The largest absolute Gasteiger partial charge is 0.573 e. The highest BCUT2D eigenvalue weighted by atomic mass is 35.5. The van der Waals surface area contributed by atoms with Crippen molar-refractivity contribution in [2.24, 2.45) is 0 Å². The van der Waals surface area contributed by atoms with E-state index in [1.165, 1.54) is 30.3 Å². The lowest BCUT2D eigenvalue weighted by Gasteiger charge is -2.10. The summed E-state index contributed by atoms with van der Waals surface area (Å²) in [6, 6.07) is 8.54. The molecule has 26 heavy (non-hydrogen) atoms. The Bertz CT molecular complexity index is 810. The molecule has 0 bridgehead atoms. The number of carbonyl (C=O) groups excluding carboxylic acids is 2. The minimum absolute atomic E-state index is 0.133. The molecule has 0 atom stereocenters. The first kappa shape index (κ1) is 19.4. The lowest BCUT2D eigenvalue weighted by Crippen LogP contribution is -2.42. The fraction of sp³-hybridized carbons (Fsp3) is 0.125. The van der Waals surface area contributed by atoms with Crippen molar-refractivity contribution in [1.82, 2.24) is 10.9 Å². The van der Waals surface area contributed by atoms with Crippen molar-refractivity contribution in [3.63, 3.8) is 0 Å². The maximum absolute atomic E-state index is 12.1. The van der Waals surface area contributed by atoms with E-state index in [0.717, 1.165) is 12.1 Å². The first-order valence-corrected chi connectivity index (χ1v) is 7.44. The lowest BCUT2D eigenvalue weighted by molar-refractivity contribution is -0.274. The van der Waals surface area contributed by atoms with Crippen LogP contribution < -0.4 is 15.6 Å². The van der Waals surface area contributed by atoms with Gasteiger partial charge in [-0.2, -0.15) is 0 Å². The number of rotatable bonds is 4. The second-order valence-electron chi connectivity index (χ2n) is 5.03. The van der Waals surface area contributed by atoms with Crippen molar-refractivity contribution >= 4 is 23.4 Å². The highest BCUT2D eigenvalue weighted by Crippen LogP contribution is 2.23. The summed E-state index contributed by atoms with van der Waals surface area (Å²) < 4.78 is 39.9. The Balaban J connectivity index is 1.88. The van der Waals surface area contributed by atoms with Crippen LogP contribution in [0.3, 0.4) is 0 Å². The van der Waals surface area contributed by atoms with Gasteiger partial charge in [0.1, 0.15) is 11.5 Å². The average molecular weight is 389 g/mol. The molecular weight excluding hydrogens is 377 g/mol. The molecule has 0 aliphatic rings. The fourth-order valence-electron chi connectivity index (χ4n) is 1.92. The molecule has 0 radical (unpaired) electrons. The van der Waals surface area contributed by atoms with Gasteiger partial charge in [0.2, 0.25) is 5.91 Å². The highest BCUT2D eigenvalue weighted by molar-refractivity contribution is 6.31. The van der Waals surface area contributed by atoms with Gasteiger partial charge in [-0.3, -0.25) is 20.4 Å². The molecule has 2 aromatic rings. The molecule has 0 saturated heterocycles. The van der Waals surface area contributed by atoms with Gasteiger partial charge in [-0.05, 0) is 35.9 Å². The number of carbonyl (C=O) groups is 2. The number of hydrogen-bond donors (Lipinski definition) is 3. The van der Waals surface area contributed by atoms with Gasteiger partial charge in [0.15, 0.2) is 0 Å². The molecule has 0 aromatic heterocycles. The number of amides is 2. The maximum Gasteiger partial charge on any atom is 0.573 e. The standard InChI is InChI=1S/C16H12ClF3N2O4/c17-10-3-6-13(23)12(8-10)15(25)22-21-14(24)7-9-1-4-11(5-2-9)26-16(18,19)20/h1-6,8,23H,7H2,(H,21,24)(H,22,25). The third-order valence-electron chi connectivity index (χ3n) is 3.04. The number of hydrogen-bond acceptors (Lipinski definition) is 4. The van der Waals surface area contributed by atoms with E-state index in [1.807, 2.05) is 0 Å². The average Bonchev–Trinajstić information content (AvgIpc) is 2.55. The lowest BCUT2D eigenvalue weighted by atomic mass is 10.1. The van der Waals surface area contributed by atoms with Gasteiger partial charge in [0.25, 0.3) is 5.91 Å². The minimum Gasteiger partial charge on any atom is -0.507 e. The Morgan fingerprint density at radius 3 is 2.35 bits per heavy atom. The van der Waals surface area contributed by atoms with Gasteiger partial charge in [-0.15, -0.1) is 13.2 Å². The van der Waals surface area contributed by atoms with Crippen molar-refractivity contribution in [2.75, 3.05) is 0 Å². The number of ether oxygens (including phenoxy) is 1. The molecule has 2 aromatic carbocycles. The summed E-state index contributed by atoms with van der Waals surface area (Å²) in [6.07, 6.45) is -5.00. The molecular formula is C16H12ClF3N2O4. The predicted octanol–water partition coefficient (Wildman–Crippen LogP) is 2.95. The highest BCUT2D eigenvalue weighted by Gasteiger charge is 2.30. The van der Waals surface area contributed by atoms with Crippen LogP contribution in [0.15, 0.2) is 42.5 Å². The van der Waals surface area contributed by atoms with Crippen molar-refractivity contribution in [1.29, 1.82) is 0 Å². The number of nitrogens with one attached hydrogen (secondary N) is 2. The second-order valence-corrected chi connectivity index (χ2v) is 5.47. The minimum atomic E-state index is -4.80. The molecule has 2 amide bonds. The van der Waals surface area contributed by atoms with Gasteiger partial charge in [0, 0.05) is 5.02 Å². The Labute approximate surface area is 150 Å². The number of hydrazine groups is 1. The molecule has 0 heterocycles. The zero-order valence-corrected chi connectivity index (χ0v) is 13.7. The van der Waals surface area contributed by atoms with Gasteiger partial charge in [-0.1, -0.05) is 23.7 Å². The van der Waals surface area contributed by atoms with Crippen molar-refractivity contribution < 1.29 is 32.6 Å². The van der Waals surface area contributed by atoms with E-state index in [0.29, 0.717) is 5.56 Å². The van der Waals surface area contributed by atoms with E-state index in [1.54, 1.807) is 0 Å². The summed E-state index contributed by atoms with van der Waals surface area (Å²) in [5, 5.41) is 9.81. The van der Waals surface area contributed by atoms with Crippen LogP contribution in [-0.4, -0.2) is 23.3 Å². The van der Waals surface area contributed by atoms with E-state index in [2.05, 4.69) is 15.6 Å². The van der Waals surface area contributed by atoms with Crippen molar-refractivity contribution in [2.45, 2.75) is 12.8 Å². The zero-order valence-electron chi connectivity index (χ0n) is 12.9. The number of phenolic OH excluding ortho intramolecular Hbond substituents is 1. The summed E-state index contributed by atoms with van der Waals surface area (Å²) in [6.45, 7) is 0. The van der Waals surface area contributed by atoms with Gasteiger partial charge < -0.3 is 9.84 Å². The molecule has 0 aliphatic carbocycles. The van der Waals surface area contributed by atoms with Crippen LogP contribution in [0.5, 0.6) is 11.5 Å². The first-order chi connectivity index (χ1) is 12.1. The molecule has 138 valence electrons. The van der Waals surface area contributed by atoms with Gasteiger partial charge in [-0.25, -0.2) is 0 Å². The van der Waals surface area contributed by atoms with Crippen LogP contribution in [-0.2, 0) is 11.2 Å². The number of halogens is 4. The zero-order chi connectivity index (χ0) is 19.3. The summed E-state index contributed by atoms with van der Waals surface area (Å²) >= 11 is 5.72. The van der Waals surface area contributed by atoms with Crippen LogP contribution in [0.4, 0.5) is 13.2 Å². The SMILES string of the molecule is O=C(Cc1ccc(OC(F)(F)F)cc1)NNC(=O)c1cc(Cl)ccc1O. The monoisotopic (exact) mass is 388 g/mol. The molecule has 0 spiro atoms. The maximum atomic E-state index is 12.1. The predicted molar refractivity (Wildman–Crippen MR) is 85.6 cm³/mol. The van der Waals surface area contributed by atoms with E-state index in [9.17, 15) is 27.9 Å². The van der Waals surface area contributed by atoms with Crippen LogP contribution >= 0.6 is 11.6 Å². The molecule has 0 aliphatic heterocycles. The number of aromatic hydroxyl groups is 1. The third kappa shape index (κ3) is 5.85. The summed E-state index contributed by atoms with van der Waals surface area (Å²) in [5.41, 5.74) is 4.49. The van der Waals surface area contributed by atoms with E-state index in [-0.39, 0.29) is 22.8 Å². The summed E-state index contributed by atoms with van der Waals surface area (Å²) in [5.74, 6) is -2.13. The number of benzene rings is 2. The smallest absolute Gasteiger partial charge is 0.507 e. The first-order valence-electron chi connectivity index (χ1n) is 7.06. The molecule has 6 nitrogen and oxygen atoms in total. The molecule has 0 saturated carbocycles. The van der Waals surface area contributed by atoms with Crippen LogP contribution in [0.25, 0.3) is 0 Å². The Kier molecular flexibility index (Phi) is 5.93.